The summed E-state index contributed by atoms with van der Waals surface area (Å²) in [4.78, 5) is 23.9. The van der Waals surface area contributed by atoms with Gasteiger partial charge in [0.2, 0.25) is 11.8 Å². The number of hydrogen-bond donors (Lipinski definition) is 2. The Balaban J connectivity index is 1.88. The molecule has 31 heavy (non-hydrogen) atoms. The van der Waals surface area contributed by atoms with E-state index in [1.807, 2.05) is 74.6 Å². The summed E-state index contributed by atoms with van der Waals surface area (Å²) in [6.45, 7) is 3.65. The van der Waals surface area contributed by atoms with Gasteiger partial charge in [-0.15, -0.1) is 0 Å². The van der Waals surface area contributed by atoms with E-state index in [0.717, 1.165) is 16.8 Å². The molecule has 0 unspecified atom stereocenters. The third-order valence-corrected chi connectivity index (χ3v) is 4.41. The molecule has 2 amide bonds. The van der Waals surface area contributed by atoms with Crippen LogP contribution in [0, 0.1) is 0 Å². The first-order valence-electron chi connectivity index (χ1n) is 10.0. The lowest BCUT2D eigenvalue weighted by Gasteiger charge is -2.08. The van der Waals surface area contributed by atoms with Gasteiger partial charge in [0.25, 0.3) is 0 Å². The van der Waals surface area contributed by atoms with E-state index in [2.05, 4.69) is 10.6 Å². The number of nitrogens with zero attached hydrogens (tertiary/aromatic N) is 2. The van der Waals surface area contributed by atoms with Crippen LogP contribution < -0.4 is 15.4 Å². The van der Waals surface area contributed by atoms with Crippen molar-refractivity contribution in [2.75, 3.05) is 13.7 Å². The topological polar surface area (TPSA) is 85.2 Å². The molecular formula is C24H26N4O3. The Morgan fingerprint density at radius 2 is 1.81 bits per heavy atom. The molecule has 2 aromatic carbocycles. The van der Waals surface area contributed by atoms with Gasteiger partial charge < -0.3 is 15.4 Å². The van der Waals surface area contributed by atoms with Crippen LogP contribution in [0.15, 0.2) is 66.9 Å². The van der Waals surface area contributed by atoms with Crippen molar-refractivity contribution in [2.45, 2.75) is 19.9 Å². The highest BCUT2D eigenvalue weighted by Gasteiger charge is 2.15. The number of hydrogen-bond acceptors (Lipinski definition) is 4. The summed E-state index contributed by atoms with van der Waals surface area (Å²) in [6.07, 6.45) is 4.93. The average Bonchev–Trinajstić information content (AvgIpc) is 3.20. The van der Waals surface area contributed by atoms with Crippen LogP contribution in [0.1, 0.15) is 19.4 Å². The Morgan fingerprint density at radius 1 is 1.10 bits per heavy atom. The van der Waals surface area contributed by atoms with Crippen molar-refractivity contribution in [1.29, 1.82) is 0 Å². The van der Waals surface area contributed by atoms with Crippen LogP contribution in [-0.2, 0) is 9.59 Å². The van der Waals surface area contributed by atoms with Crippen molar-refractivity contribution in [3.8, 4) is 22.7 Å². The molecule has 1 heterocycles. The van der Waals surface area contributed by atoms with Gasteiger partial charge in [-0.3, -0.25) is 9.59 Å². The van der Waals surface area contributed by atoms with Crippen LogP contribution in [0.4, 0.5) is 0 Å². The minimum atomic E-state index is -0.364. The fourth-order valence-corrected chi connectivity index (χ4v) is 3.04. The molecular weight excluding hydrogens is 392 g/mol. The molecule has 0 spiro atoms. The quantitative estimate of drug-likeness (QED) is 0.550. The van der Waals surface area contributed by atoms with E-state index in [4.69, 9.17) is 9.84 Å². The Bertz CT molecular complexity index is 1070. The van der Waals surface area contributed by atoms with E-state index in [1.54, 1.807) is 17.9 Å². The summed E-state index contributed by atoms with van der Waals surface area (Å²) < 4.78 is 7.25. The number of carbonyl (C=O) groups excluding carboxylic acids is 2. The second-order valence-electron chi connectivity index (χ2n) is 7.19. The van der Waals surface area contributed by atoms with Crippen molar-refractivity contribution in [1.82, 2.24) is 20.4 Å². The molecule has 7 nitrogen and oxygen atoms in total. The molecule has 1 aromatic heterocycles. The van der Waals surface area contributed by atoms with Crippen LogP contribution in [0.25, 0.3) is 23.0 Å². The number of methoxy groups -OCH3 is 1. The molecule has 3 rings (SSSR count). The third kappa shape index (κ3) is 5.82. The Labute approximate surface area is 181 Å². The number of amides is 2. The SMILES string of the molecule is COc1ccccc1-c1nn(-c2ccccc2)cc1/C=C/C(=O)NCC(=O)NC(C)C. The number of para-hydroxylation sites is 2. The lowest BCUT2D eigenvalue weighted by molar-refractivity contribution is -0.124. The molecule has 0 aliphatic carbocycles. The van der Waals surface area contributed by atoms with E-state index < -0.39 is 0 Å². The Morgan fingerprint density at radius 3 is 2.52 bits per heavy atom. The number of rotatable bonds is 8. The zero-order valence-corrected chi connectivity index (χ0v) is 17.8. The van der Waals surface area contributed by atoms with Crippen molar-refractivity contribution in [3.63, 3.8) is 0 Å². The monoisotopic (exact) mass is 418 g/mol. The average molecular weight is 418 g/mol. The minimum absolute atomic E-state index is 0.0205. The number of ether oxygens (including phenoxy) is 1. The lowest BCUT2D eigenvalue weighted by Crippen LogP contribution is -2.39. The predicted molar refractivity (Wildman–Crippen MR) is 121 cm³/mol. The van der Waals surface area contributed by atoms with Gasteiger partial charge in [-0.25, -0.2) is 4.68 Å². The largest absolute Gasteiger partial charge is 0.496 e. The molecule has 0 radical (unpaired) electrons. The molecule has 0 fully saturated rings. The number of nitrogens with one attached hydrogen (secondary N) is 2. The summed E-state index contributed by atoms with van der Waals surface area (Å²) in [5.41, 5.74) is 3.14. The molecule has 0 aliphatic heterocycles. The Hall–Kier alpha value is -3.87. The summed E-state index contributed by atoms with van der Waals surface area (Å²) in [5, 5.41) is 10.1. The first-order valence-corrected chi connectivity index (χ1v) is 10.0. The van der Waals surface area contributed by atoms with Crippen LogP contribution in [0.3, 0.4) is 0 Å². The van der Waals surface area contributed by atoms with E-state index >= 15 is 0 Å². The molecule has 0 bridgehead atoms. The van der Waals surface area contributed by atoms with E-state index in [9.17, 15) is 9.59 Å². The van der Waals surface area contributed by atoms with E-state index in [-0.39, 0.29) is 24.4 Å². The second-order valence-corrected chi connectivity index (χ2v) is 7.19. The van der Waals surface area contributed by atoms with Crippen LogP contribution in [0.5, 0.6) is 5.75 Å². The number of aromatic nitrogens is 2. The highest BCUT2D eigenvalue weighted by atomic mass is 16.5. The predicted octanol–water partition coefficient (Wildman–Crippen LogP) is 3.20. The van der Waals surface area contributed by atoms with Gasteiger partial charge in [-0.2, -0.15) is 5.10 Å². The zero-order valence-electron chi connectivity index (χ0n) is 17.8. The first kappa shape index (κ1) is 21.8. The van der Waals surface area contributed by atoms with Gasteiger partial charge in [0, 0.05) is 29.4 Å². The van der Waals surface area contributed by atoms with Crippen molar-refractivity contribution in [2.24, 2.45) is 0 Å². The van der Waals surface area contributed by atoms with Crippen LogP contribution >= 0.6 is 0 Å². The van der Waals surface area contributed by atoms with Gasteiger partial charge in [-0.1, -0.05) is 30.3 Å². The zero-order chi connectivity index (χ0) is 22.2. The molecule has 0 atom stereocenters. The summed E-state index contributed by atoms with van der Waals surface area (Å²) in [7, 11) is 1.61. The summed E-state index contributed by atoms with van der Waals surface area (Å²) >= 11 is 0. The lowest BCUT2D eigenvalue weighted by atomic mass is 10.1. The number of benzene rings is 2. The van der Waals surface area contributed by atoms with Crippen molar-refractivity contribution in [3.05, 3.63) is 72.4 Å². The first-order chi connectivity index (χ1) is 15.0. The number of carbonyl (C=O) groups is 2. The van der Waals surface area contributed by atoms with Crippen LogP contribution in [0.2, 0.25) is 0 Å². The van der Waals surface area contributed by atoms with Crippen molar-refractivity contribution >= 4 is 17.9 Å². The Kier molecular flexibility index (Phi) is 7.22. The molecule has 0 aliphatic rings. The standard InChI is InChI=1S/C24H26N4O3/c1-17(2)26-23(30)15-25-22(29)14-13-18-16-28(19-9-5-4-6-10-19)27-24(18)20-11-7-8-12-21(20)31-3/h4-14,16-17H,15H2,1-3H3,(H,25,29)(H,26,30)/b14-13+. The molecule has 0 saturated carbocycles. The normalized spacial score (nSPS) is 11.0. The second kappa shape index (κ2) is 10.2. The van der Waals surface area contributed by atoms with Gasteiger partial charge in [0.1, 0.15) is 11.4 Å². The van der Waals surface area contributed by atoms with Gasteiger partial charge in [-0.05, 0) is 44.2 Å². The van der Waals surface area contributed by atoms with Gasteiger partial charge >= 0.3 is 0 Å². The van der Waals surface area contributed by atoms with E-state index in [0.29, 0.717) is 11.4 Å². The maximum atomic E-state index is 12.2. The maximum Gasteiger partial charge on any atom is 0.244 e. The minimum Gasteiger partial charge on any atom is -0.496 e. The maximum absolute atomic E-state index is 12.2. The fourth-order valence-electron chi connectivity index (χ4n) is 3.04. The molecule has 2 N–H and O–H groups in total. The van der Waals surface area contributed by atoms with Crippen molar-refractivity contribution < 1.29 is 14.3 Å². The van der Waals surface area contributed by atoms with Gasteiger partial charge in [0.05, 0.1) is 19.3 Å². The van der Waals surface area contributed by atoms with Crippen LogP contribution in [-0.4, -0.2) is 41.3 Å². The molecule has 7 heteroatoms. The molecule has 3 aromatic rings. The highest BCUT2D eigenvalue weighted by molar-refractivity contribution is 5.95. The summed E-state index contributed by atoms with van der Waals surface area (Å²) in [6, 6.07) is 17.3. The molecule has 160 valence electrons. The summed E-state index contributed by atoms with van der Waals surface area (Å²) in [5.74, 6) is 0.0889. The third-order valence-electron chi connectivity index (χ3n) is 4.41. The fraction of sp³-hybridized carbons (Fsp3) is 0.208. The smallest absolute Gasteiger partial charge is 0.244 e. The van der Waals surface area contributed by atoms with E-state index in [1.165, 1.54) is 6.08 Å². The highest BCUT2D eigenvalue weighted by Crippen LogP contribution is 2.32. The van der Waals surface area contributed by atoms with Gasteiger partial charge in [0.15, 0.2) is 0 Å². The molecule has 0 saturated heterocycles.